The molecular weight excluding hydrogens is 403 g/mol. The van der Waals surface area contributed by atoms with Crippen LogP contribution in [0.15, 0.2) is 15.7 Å². The third-order valence-corrected chi connectivity index (χ3v) is 6.28. The number of nitrogens with one attached hydrogen (secondary N) is 1. The molecule has 2 aromatic rings. The molecule has 2 aliphatic rings. The predicted molar refractivity (Wildman–Crippen MR) is 115 cm³/mol. The minimum absolute atomic E-state index is 0.0359. The van der Waals surface area contributed by atoms with E-state index in [1.807, 2.05) is 4.90 Å². The van der Waals surface area contributed by atoms with Gasteiger partial charge in [-0.25, -0.2) is 9.18 Å². The van der Waals surface area contributed by atoms with Crippen molar-refractivity contribution >= 4 is 16.6 Å². The Morgan fingerprint density at radius 3 is 2.68 bits per heavy atom. The summed E-state index contributed by atoms with van der Waals surface area (Å²) >= 11 is 0. The molecule has 1 aromatic carbocycles. The number of hydrogen-bond donors (Lipinski definition) is 2. The van der Waals surface area contributed by atoms with Gasteiger partial charge in [0.15, 0.2) is 11.6 Å². The second-order valence-corrected chi connectivity index (χ2v) is 8.24. The largest absolute Gasteiger partial charge is 0.492 e. The summed E-state index contributed by atoms with van der Waals surface area (Å²) in [6.07, 6.45) is 2.93. The quantitative estimate of drug-likeness (QED) is 0.475. The molecule has 1 aliphatic heterocycles. The summed E-state index contributed by atoms with van der Waals surface area (Å²) in [5.41, 5.74) is -0.790. The highest BCUT2D eigenvalue weighted by atomic mass is 19.1. The number of hydrogen-bond acceptors (Lipinski definition) is 7. The van der Waals surface area contributed by atoms with E-state index in [1.165, 1.54) is 11.7 Å². The number of aromatic nitrogens is 2. The molecule has 3 N–H and O–H groups in total. The molecule has 10 heteroatoms. The van der Waals surface area contributed by atoms with E-state index in [0.717, 1.165) is 25.3 Å². The molecule has 0 radical (unpaired) electrons. The Labute approximate surface area is 178 Å². The average Bonchev–Trinajstić information content (AvgIpc) is 3.56. The molecular formula is C21H27FN6O3. The maximum atomic E-state index is 15.2. The van der Waals surface area contributed by atoms with E-state index < -0.39 is 17.1 Å². The van der Waals surface area contributed by atoms with E-state index in [2.05, 4.69) is 18.3 Å². The molecule has 0 spiro atoms. The van der Waals surface area contributed by atoms with Crippen molar-refractivity contribution in [1.29, 1.82) is 5.26 Å². The van der Waals surface area contributed by atoms with E-state index in [1.54, 1.807) is 0 Å². The Morgan fingerprint density at radius 1 is 1.39 bits per heavy atom. The fraction of sp³-hybridized carbons (Fsp3) is 0.571. The molecule has 1 saturated heterocycles. The van der Waals surface area contributed by atoms with Gasteiger partial charge in [-0.15, -0.1) is 0 Å². The zero-order valence-corrected chi connectivity index (χ0v) is 17.7. The number of anilines is 1. The number of halogens is 1. The highest BCUT2D eigenvalue weighted by Gasteiger charge is 2.37. The van der Waals surface area contributed by atoms with Crippen LogP contribution in [0, 0.1) is 23.1 Å². The number of benzene rings is 1. The summed E-state index contributed by atoms with van der Waals surface area (Å²) in [5, 5.41) is 12.2. The number of rotatable bonds is 8. The smallest absolute Gasteiger partial charge is 0.350 e. The molecule has 4 rings (SSSR count). The number of nitrogens with two attached hydrogens (primary N) is 1. The van der Waals surface area contributed by atoms with Gasteiger partial charge in [0.25, 0.3) is 5.56 Å². The molecule has 2 heterocycles. The first-order valence-corrected chi connectivity index (χ1v) is 10.6. The van der Waals surface area contributed by atoms with Crippen LogP contribution < -0.4 is 32.0 Å². The van der Waals surface area contributed by atoms with Gasteiger partial charge < -0.3 is 20.8 Å². The molecule has 1 aliphatic carbocycles. The number of nitrogen functional groups attached to an aromatic ring is 1. The number of ether oxygens (including phenoxy) is 1. The minimum atomic E-state index is -0.741. The summed E-state index contributed by atoms with van der Waals surface area (Å²) in [4.78, 5) is 27.2. The summed E-state index contributed by atoms with van der Waals surface area (Å²) in [6, 6.07) is 3.44. The third kappa shape index (κ3) is 3.53. The standard InChI is InChI=1S/C21H27FN6O3/c1-3-16(25-8-4-7-23)12-10-26(11-12)18-15(22)9-14-17(19(18)31-2)27(13-5-6-13)21(30)28(24)20(14)29/h9,12-13,16,25H,3-6,8,10-11,24H2,1-2H3. The Morgan fingerprint density at radius 2 is 2.10 bits per heavy atom. The Hall–Kier alpha value is -3.06. The van der Waals surface area contributed by atoms with Gasteiger partial charge in [-0.05, 0) is 25.3 Å². The van der Waals surface area contributed by atoms with Crippen molar-refractivity contribution < 1.29 is 9.13 Å². The predicted octanol–water partition coefficient (Wildman–Crippen LogP) is 1.08. The number of nitrogens with zero attached hydrogens (tertiary/aromatic N) is 4. The average molecular weight is 430 g/mol. The minimum Gasteiger partial charge on any atom is -0.492 e. The van der Waals surface area contributed by atoms with Gasteiger partial charge in [-0.2, -0.15) is 9.94 Å². The monoisotopic (exact) mass is 430 g/mol. The van der Waals surface area contributed by atoms with E-state index in [0.29, 0.717) is 42.2 Å². The normalized spacial score (nSPS) is 17.4. The summed E-state index contributed by atoms with van der Waals surface area (Å²) in [5.74, 6) is 5.59. The highest BCUT2D eigenvalue weighted by Crippen LogP contribution is 2.44. The van der Waals surface area contributed by atoms with Crippen LogP contribution in [0.2, 0.25) is 0 Å². The zero-order chi connectivity index (χ0) is 22.3. The lowest BCUT2D eigenvalue weighted by Gasteiger charge is -2.45. The Bertz CT molecular complexity index is 1160. The van der Waals surface area contributed by atoms with Crippen LogP contribution >= 0.6 is 0 Å². The van der Waals surface area contributed by atoms with Crippen molar-refractivity contribution in [3.8, 4) is 11.8 Å². The molecule has 31 heavy (non-hydrogen) atoms. The van der Waals surface area contributed by atoms with Gasteiger partial charge in [0.1, 0.15) is 11.2 Å². The van der Waals surface area contributed by atoms with E-state index >= 15 is 4.39 Å². The molecule has 1 saturated carbocycles. The maximum Gasteiger partial charge on any atom is 0.350 e. The van der Waals surface area contributed by atoms with E-state index in [4.69, 9.17) is 15.8 Å². The van der Waals surface area contributed by atoms with Crippen molar-refractivity contribution in [2.75, 3.05) is 37.5 Å². The number of methoxy groups -OCH3 is 1. The fourth-order valence-electron chi connectivity index (χ4n) is 4.50. The van der Waals surface area contributed by atoms with Crippen molar-refractivity contribution in [2.45, 2.75) is 44.7 Å². The van der Waals surface area contributed by atoms with Crippen molar-refractivity contribution in [3.63, 3.8) is 0 Å². The van der Waals surface area contributed by atoms with Crippen LogP contribution in [-0.4, -0.2) is 42.0 Å². The van der Waals surface area contributed by atoms with Crippen LogP contribution in [0.1, 0.15) is 38.6 Å². The Kier molecular flexibility index (Phi) is 5.62. The van der Waals surface area contributed by atoms with E-state index in [-0.39, 0.29) is 28.9 Å². The highest BCUT2D eigenvalue weighted by molar-refractivity contribution is 5.91. The van der Waals surface area contributed by atoms with Crippen molar-refractivity contribution in [3.05, 3.63) is 32.7 Å². The van der Waals surface area contributed by atoms with Crippen LogP contribution in [-0.2, 0) is 0 Å². The lowest BCUT2D eigenvalue weighted by molar-refractivity contribution is 0.284. The first kappa shape index (κ1) is 21.2. The zero-order valence-electron chi connectivity index (χ0n) is 17.7. The second-order valence-electron chi connectivity index (χ2n) is 8.24. The van der Waals surface area contributed by atoms with Gasteiger partial charge >= 0.3 is 5.69 Å². The van der Waals surface area contributed by atoms with Gasteiger partial charge in [-0.1, -0.05) is 6.92 Å². The second kappa shape index (κ2) is 8.23. The topological polar surface area (TPSA) is 118 Å². The molecule has 0 bridgehead atoms. The van der Waals surface area contributed by atoms with Gasteiger partial charge in [0.05, 0.1) is 18.6 Å². The van der Waals surface area contributed by atoms with Crippen LogP contribution in [0.4, 0.5) is 10.1 Å². The Balaban J connectivity index is 1.73. The third-order valence-electron chi connectivity index (χ3n) is 6.28. The summed E-state index contributed by atoms with van der Waals surface area (Å²) in [6.45, 7) is 3.92. The van der Waals surface area contributed by atoms with Crippen LogP contribution in [0.25, 0.3) is 10.9 Å². The number of fused-ring (bicyclic) bond motifs is 1. The van der Waals surface area contributed by atoms with Crippen molar-refractivity contribution in [1.82, 2.24) is 14.6 Å². The first-order valence-electron chi connectivity index (χ1n) is 10.6. The van der Waals surface area contributed by atoms with Crippen LogP contribution in [0.3, 0.4) is 0 Å². The fourth-order valence-corrected chi connectivity index (χ4v) is 4.50. The van der Waals surface area contributed by atoms with Gasteiger partial charge in [0.2, 0.25) is 0 Å². The lowest BCUT2D eigenvalue weighted by atomic mass is 9.89. The lowest BCUT2D eigenvalue weighted by Crippen LogP contribution is -2.56. The molecule has 0 amide bonds. The molecule has 1 atom stereocenters. The van der Waals surface area contributed by atoms with Gasteiger partial charge in [-0.3, -0.25) is 9.36 Å². The maximum absolute atomic E-state index is 15.2. The van der Waals surface area contributed by atoms with Crippen molar-refractivity contribution in [2.24, 2.45) is 5.92 Å². The van der Waals surface area contributed by atoms with E-state index in [9.17, 15) is 9.59 Å². The molecule has 1 unspecified atom stereocenters. The van der Waals surface area contributed by atoms with Gasteiger partial charge in [0, 0.05) is 44.1 Å². The SMILES string of the molecule is CCC(NCCC#N)C1CN(c2c(F)cc3c(=O)n(N)c(=O)n(C4CC4)c3c2OC)C1. The molecule has 9 nitrogen and oxygen atoms in total. The summed E-state index contributed by atoms with van der Waals surface area (Å²) in [7, 11) is 1.42. The molecule has 166 valence electrons. The number of nitriles is 1. The molecule has 2 fully saturated rings. The first-order chi connectivity index (χ1) is 14.9. The summed E-state index contributed by atoms with van der Waals surface area (Å²) < 4.78 is 22.8. The van der Waals surface area contributed by atoms with Crippen LogP contribution in [0.5, 0.6) is 5.75 Å². The molecule has 1 aromatic heterocycles.